The van der Waals surface area contributed by atoms with E-state index >= 15 is 0 Å². The minimum Gasteiger partial charge on any atom is -0.394 e. The molecule has 0 unspecified atom stereocenters. The third-order valence-corrected chi connectivity index (χ3v) is 7.19. The van der Waals surface area contributed by atoms with E-state index in [1.807, 2.05) is 24.3 Å². The predicted octanol–water partition coefficient (Wildman–Crippen LogP) is 4.62. The zero-order valence-corrected chi connectivity index (χ0v) is 19.3. The number of hydrogen-bond acceptors (Lipinski definition) is 5. The number of aliphatic hydroxyl groups excluding tert-OH is 1. The van der Waals surface area contributed by atoms with Crippen LogP contribution < -0.4 is 0 Å². The van der Waals surface area contributed by atoms with Gasteiger partial charge in [0.15, 0.2) is 0 Å². The standard InChI is InChI=1S/C25H29F3N2O2S/c26-25(27,28)19-7-8-24-22(18-19)20(21-4-1-2-6-23(21)33-24)5-3-9-29-10-12-30(13-11-29)14-16-32-17-15-31/h1-2,4-8,18,31H,3,9-17H2/b20-5-. The minimum absolute atomic E-state index is 0.0500. The van der Waals surface area contributed by atoms with E-state index in [1.165, 1.54) is 23.9 Å². The summed E-state index contributed by atoms with van der Waals surface area (Å²) < 4.78 is 45.4. The molecular formula is C25H29F3N2O2S. The van der Waals surface area contributed by atoms with Crippen molar-refractivity contribution < 1.29 is 23.0 Å². The van der Waals surface area contributed by atoms with Crippen LogP contribution in [0.1, 0.15) is 23.1 Å². The number of fused-ring (bicyclic) bond motifs is 2. The van der Waals surface area contributed by atoms with E-state index in [-0.39, 0.29) is 6.61 Å². The van der Waals surface area contributed by atoms with Gasteiger partial charge in [-0.1, -0.05) is 36.0 Å². The highest BCUT2D eigenvalue weighted by molar-refractivity contribution is 7.99. The fraction of sp³-hybridized carbons (Fsp3) is 0.440. The molecule has 8 heteroatoms. The normalized spacial score (nSPS) is 18.4. The summed E-state index contributed by atoms with van der Waals surface area (Å²) in [5.41, 5.74) is 1.96. The van der Waals surface area contributed by atoms with Crippen molar-refractivity contribution in [1.29, 1.82) is 0 Å². The molecule has 178 valence electrons. The summed E-state index contributed by atoms with van der Waals surface area (Å²) >= 11 is 1.53. The largest absolute Gasteiger partial charge is 0.416 e. The van der Waals surface area contributed by atoms with Crippen LogP contribution in [0.5, 0.6) is 0 Å². The van der Waals surface area contributed by atoms with E-state index in [1.54, 1.807) is 6.07 Å². The first-order valence-electron chi connectivity index (χ1n) is 11.3. The molecule has 0 atom stereocenters. The summed E-state index contributed by atoms with van der Waals surface area (Å²) in [5.74, 6) is 0. The van der Waals surface area contributed by atoms with E-state index in [2.05, 4.69) is 15.9 Å². The van der Waals surface area contributed by atoms with Gasteiger partial charge in [-0.05, 0) is 47.4 Å². The van der Waals surface area contributed by atoms with Crippen molar-refractivity contribution in [3.05, 3.63) is 65.2 Å². The first-order valence-corrected chi connectivity index (χ1v) is 12.1. The number of alkyl halides is 3. The average molecular weight is 479 g/mol. The summed E-state index contributed by atoms with van der Waals surface area (Å²) in [6.45, 7) is 6.66. The van der Waals surface area contributed by atoms with Crippen LogP contribution in [0.15, 0.2) is 58.3 Å². The van der Waals surface area contributed by atoms with Crippen molar-refractivity contribution in [2.45, 2.75) is 22.4 Å². The molecule has 4 rings (SSSR count). The summed E-state index contributed by atoms with van der Waals surface area (Å²) in [6.07, 6.45) is -1.47. The summed E-state index contributed by atoms with van der Waals surface area (Å²) in [4.78, 5) is 6.70. The van der Waals surface area contributed by atoms with Crippen LogP contribution in [0.2, 0.25) is 0 Å². The van der Waals surface area contributed by atoms with Gasteiger partial charge >= 0.3 is 6.18 Å². The molecular weight excluding hydrogens is 449 g/mol. The minimum atomic E-state index is -4.36. The van der Waals surface area contributed by atoms with E-state index in [9.17, 15) is 13.2 Å². The van der Waals surface area contributed by atoms with Crippen LogP contribution in [-0.2, 0) is 10.9 Å². The smallest absolute Gasteiger partial charge is 0.394 e. The van der Waals surface area contributed by atoms with Crippen molar-refractivity contribution in [1.82, 2.24) is 9.80 Å². The number of rotatable bonds is 8. The predicted molar refractivity (Wildman–Crippen MR) is 124 cm³/mol. The Morgan fingerprint density at radius 2 is 1.61 bits per heavy atom. The Morgan fingerprint density at radius 3 is 2.33 bits per heavy atom. The Balaban J connectivity index is 1.42. The van der Waals surface area contributed by atoms with Crippen LogP contribution in [-0.4, -0.2) is 74.0 Å². The first kappa shape index (κ1) is 24.3. The van der Waals surface area contributed by atoms with E-state index in [0.717, 1.165) is 66.6 Å². The molecule has 2 aliphatic rings. The van der Waals surface area contributed by atoms with Crippen molar-refractivity contribution in [2.24, 2.45) is 0 Å². The molecule has 1 N–H and O–H groups in total. The highest BCUT2D eigenvalue weighted by Gasteiger charge is 2.32. The number of ether oxygens (including phenoxy) is 1. The van der Waals surface area contributed by atoms with Crippen LogP contribution >= 0.6 is 11.8 Å². The number of benzene rings is 2. The molecule has 2 aromatic rings. The lowest BCUT2D eigenvalue weighted by Crippen LogP contribution is -2.47. The maximum Gasteiger partial charge on any atom is 0.416 e. The fourth-order valence-electron chi connectivity index (χ4n) is 4.26. The van der Waals surface area contributed by atoms with Gasteiger partial charge in [0.2, 0.25) is 0 Å². The lowest BCUT2D eigenvalue weighted by Gasteiger charge is -2.34. The summed E-state index contributed by atoms with van der Waals surface area (Å²) in [6, 6.07) is 12.0. The van der Waals surface area contributed by atoms with Crippen molar-refractivity contribution in [3.8, 4) is 0 Å². The van der Waals surface area contributed by atoms with E-state index in [4.69, 9.17) is 9.84 Å². The topological polar surface area (TPSA) is 35.9 Å². The Hall–Kier alpha value is -1.84. The molecule has 4 nitrogen and oxygen atoms in total. The Morgan fingerprint density at radius 1 is 0.909 bits per heavy atom. The number of piperazine rings is 1. The number of hydrogen-bond donors (Lipinski definition) is 1. The van der Waals surface area contributed by atoms with Gasteiger partial charge in [-0.25, -0.2) is 0 Å². The van der Waals surface area contributed by atoms with Crippen LogP contribution in [0.4, 0.5) is 13.2 Å². The second-order valence-electron chi connectivity index (χ2n) is 8.23. The SMILES string of the molecule is OCCOCCN1CCN(CC/C=C2/c3ccccc3Sc3ccc(C(F)(F)F)cc32)CC1. The van der Waals surface area contributed by atoms with Crippen molar-refractivity contribution in [2.75, 3.05) is 59.1 Å². The van der Waals surface area contributed by atoms with Gasteiger partial charge in [0.25, 0.3) is 0 Å². The average Bonchev–Trinajstić information content (AvgIpc) is 2.81. The number of aliphatic hydroxyl groups is 1. The van der Waals surface area contributed by atoms with Gasteiger partial charge < -0.3 is 14.7 Å². The van der Waals surface area contributed by atoms with Crippen LogP contribution in [0, 0.1) is 0 Å². The van der Waals surface area contributed by atoms with Gasteiger partial charge in [-0.15, -0.1) is 0 Å². The Labute approximate surface area is 197 Å². The third kappa shape index (κ3) is 6.19. The zero-order valence-electron chi connectivity index (χ0n) is 18.5. The lowest BCUT2D eigenvalue weighted by atomic mass is 9.94. The second-order valence-corrected chi connectivity index (χ2v) is 9.32. The van der Waals surface area contributed by atoms with E-state index < -0.39 is 11.7 Å². The molecule has 2 heterocycles. The van der Waals surface area contributed by atoms with Crippen molar-refractivity contribution in [3.63, 3.8) is 0 Å². The summed E-state index contributed by atoms with van der Waals surface area (Å²) in [7, 11) is 0. The third-order valence-electron chi connectivity index (χ3n) is 6.04. The monoisotopic (exact) mass is 478 g/mol. The maximum absolute atomic E-state index is 13.4. The fourth-order valence-corrected chi connectivity index (χ4v) is 5.34. The molecule has 0 saturated carbocycles. The van der Waals surface area contributed by atoms with E-state index in [0.29, 0.717) is 18.8 Å². The van der Waals surface area contributed by atoms with Gasteiger partial charge in [0.05, 0.1) is 25.4 Å². The molecule has 0 radical (unpaired) electrons. The molecule has 1 fully saturated rings. The van der Waals surface area contributed by atoms with Gasteiger partial charge in [0, 0.05) is 49.1 Å². The number of halogens is 3. The maximum atomic E-state index is 13.4. The molecule has 0 spiro atoms. The highest BCUT2D eigenvalue weighted by Crippen LogP contribution is 2.47. The molecule has 0 amide bonds. The zero-order chi connectivity index (χ0) is 23.3. The van der Waals surface area contributed by atoms with Crippen LogP contribution in [0.25, 0.3) is 5.57 Å². The molecule has 33 heavy (non-hydrogen) atoms. The highest BCUT2D eigenvalue weighted by atomic mass is 32.2. The second kappa shape index (κ2) is 11.1. The van der Waals surface area contributed by atoms with Gasteiger partial charge in [0.1, 0.15) is 0 Å². The van der Waals surface area contributed by atoms with Gasteiger partial charge in [-0.3, -0.25) is 4.90 Å². The molecule has 0 bridgehead atoms. The first-order chi connectivity index (χ1) is 16.0. The molecule has 0 aromatic heterocycles. The molecule has 0 aliphatic carbocycles. The van der Waals surface area contributed by atoms with Crippen LogP contribution in [0.3, 0.4) is 0 Å². The van der Waals surface area contributed by atoms with Crippen molar-refractivity contribution >= 4 is 17.3 Å². The molecule has 2 aliphatic heterocycles. The molecule has 1 saturated heterocycles. The Bertz CT molecular complexity index is 972. The summed E-state index contributed by atoms with van der Waals surface area (Å²) in [5, 5.41) is 8.77. The lowest BCUT2D eigenvalue weighted by molar-refractivity contribution is -0.137. The van der Waals surface area contributed by atoms with Gasteiger partial charge in [-0.2, -0.15) is 13.2 Å². The molecule has 2 aromatic carbocycles. The quantitative estimate of drug-likeness (QED) is 0.478. The number of nitrogens with zero attached hydrogens (tertiary/aromatic N) is 2. The Kier molecular flexibility index (Phi) is 8.14.